The molecule has 32 heavy (non-hydrogen) atoms. The van der Waals surface area contributed by atoms with E-state index in [9.17, 15) is 9.59 Å². The molecule has 168 valence electrons. The first-order chi connectivity index (χ1) is 15.5. The molecule has 0 spiro atoms. The van der Waals surface area contributed by atoms with Crippen molar-refractivity contribution >= 4 is 28.7 Å². The van der Waals surface area contributed by atoms with E-state index >= 15 is 0 Å². The van der Waals surface area contributed by atoms with Gasteiger partial charge in [-0.3, -0.25) is 9.47 Å². The Morgan fingerprint density at radius 1 is 1.16 bits per heavy atom. The van der Waals surface area contributed by atoms with Gasteiger partial charge in [0.2, 0.25) is 0 Å². The molecule has 1 aliphatic heterocycles. The number of nitrogens with zero attached hydrogens (tertiary/aromatic N) is 2. The van der Waals surface area contributed by atoms with Crippen LogP contribution in [0.1, 0.15) is 46.8 Å². The number of anilines is 1. The molecule has 7 heteroatoms. The molecule has 1 aromatic heterocycles. The lowest BCUT2D eigenvalue weighted by Crippen LogP contribution is -2.36. The van der Waals surface area contributed by atoms with E-state index in [1.54, 1.807) is 16.8 Å². The normalized spacial score (nSPS) is 16.7. The molecule has 1 aliphatic rings. The Labute approximate surface area is 187 Å². The molecule has 4 rings (SSSR count). The van der Waals surface area contributed by atoms with Crippen LogP contribution in [0.15, 0.2) is 48.7 Å². The first-order valence-corrected chi connectivity index (χ1v) is 10.9. The first kappa shape index (κ1) is 21.9. The van der Waals surface area contributed by atoms with Gasteiger partial charge in [-0.15, -0.1) is 0 Å². The van der Waals surface area contributed by atoms with Crippen LogP contribution in [0.3, 0.4) is 0 Å². The third-order valence-electron chi connectivity index (χ3n) is 6.18. The summed E-state index contributed by atoms with van der Waals surface area (Å²) in [5, 5.41) is 4.22. The molecule has 2 aromatic carbocycles. The second-order valence-electron chi connectivity index (χ2n) is 8.11. The molecule has 7 nitrogen and oxygen atoms in total. The number of fused-ring (bicyclic) bond motifs is 1. The number of para-hydroxylation sites is 1. The molecule has 0 aliphatic carbocycles. The van der Waals surface area contributed by atoms with Gasteiger partial charge in [0.15, 0.2) is 0 Å². The number of carbonyl (C=O) groups is 2. The highest BCUT2D eigenvalue weighted by molar-refractivity contribution is 5.92. The number of ether oxygens (including phenoxy) is 2. The van der Waals surface area contributed by atoms with Crippen LogP contribution in [0.2, 0.25) is 0 Å². The molecule has 2 heterocycles. The SMILES string of the molecule is CNc1cc(C(=O)OC)ccc1C1CCCCN1COC(=O)n1ccc2cccc(C)c21. The molecule has 0 radical (unpaired) electrons. The maximum absolute atomic E-state index is 12.9. The molecular formula is C25H29N3O4. The Morgan fingerprint density at radius 3 is 2.78 bits per heavy atom. The van der Waals surface area contributed by atoms with E-state index in [2.05, 4.69) is 10.2 Å². The number of likely N-dealkylation sites (tertiary alicyclic amines) is 1. The number of hydrogen-bond acceptors (Lipinski definition) is 6. The second kappa shape index (κ2) is 9.44. The summed E-state index contributed by atoms with van der Waals surface area (Å²) >= 11 is 0. The van der Waals surface area contributed by atoms with Crippen molar-refractivity contribution in [2.45, 2.75) is 32.2 Å². The highest BCUT2D eigenvalue weighted by Gasteiger charge is 2.27. The molecule has 0 saturated carbocycles. The maximum Gasteiger partial charge on any atom is 0.419 e. The lowest BCUT2D eigenvalue weighted by atomic mass is 9.93. The Hall–Kier alpha value is -3.32. The van der Waals surface area contributed by atoms with Crippen molar-refractivity contribution in [1.82, 2.24) is 9.47 Å². The van der Waals surface area contributed by atoms with Gasteiger partial charge in [-0.05, 0) is 49.1 Å². The van der Waals surface area contributed by atoms with Crippen LogP contribution in [-0.4, -0.2) is 49.0 Å². The topological polar surface area (TPSA) is 72.8 Å². The lowest BCUT2D eigenvalue weighted by molar-refractivity contribution is 0.0262. The van der Waals surface area contributed by atoms with Crippen molar-refractivity contribution in [3.8, 4) is 0 Å². The van der Waals surface area contributed by atoms with Gasteiger partial charge in [-0.2, -0.15) is 0 Å². The van der Waals surface area contributed by atoms with Crippen molar-refractivity contribution in [2.75, 3.05) is 32.7 Å². The number of hydrogen-bond donors (Lipinski definition) is 1. The maximum atomic E-state index is 12.9. The van der Waals surface area contributed by atoms with E-state index in [4.69, 9.17) is 9.47 Å². The standard InChI is InChI=1S/C25H29N3O4/c1-17-7-6-8-18-12-14-28(23(17)18)25(30)32-16-27-13-5-4-9-22(27)20-11-10-19(24(29)31-3)15-21(20)26-2/h6-8,10-12,14-15,22,26H,4-5,9,13,16H2,1-3H3. The molecule has 1 fully saturated rings. The number of piperidine rings is 1. The molecule has 3 aromatic rings. The number of aromatic nitrogens is 1. The molecule has 1 atom stereocenters. The van der Waals surface area contributed by atoms with Crippen LogP contribution >= 0.6 is 0 Å². The Balaban J connectivity index is 1.53. The van der Waals surface area contributed by atoms with Crippen molar-refractivity contribution in [3.05, 3.63) is 65.4 Å². The van der Waals surface area contributed by atoms with Gasteiger partial charge in [-0.1, -0.05) is 30.7 Å². The van der Waals surface area contributed by atoms with Crippen molar-refractivity contribution in [3.63, 3.8) is 0 Å². The minimum atomic E-state index is -0.381. The monoisotopic (exact) mass is 435 g/mol. The highest BCUT2D eigenvalue weighted by Crippen LogP contribution is 2.35. The molecule has 1 saturated heterocycles. The van der Waals surface area contributed by atoms with E-state index in [-0.39, 0.29) is 24.8 Å². The number of aryl methyl sites for hydroxylation is 1. The summed E-state index contributed by atoms with van der Waals surface area (Å²) in [7, 11) is 3.22. The van der Waals surface area contributed by atoms with Crippen LogP contribution in [0.4, 0.5) is 10.5 Å². The minimum Gasteiger partial charge on any atom is -0.465 e. The number of esters is 1. The molecule has 0 amide bonds. The Morgan fingerprint density at radius 2 is 2.00 bits per heavy atom. The second-order valence-corrected chi connectivity index (χ2v) is 8.11. The van der Waals surface area contributed by atoms with E-state index < -0.39 is 0 Å². The molecule has 1 N–H and O–H groups in total. The van der Waals surface area contributed by atoms with Gasteiger partial charge in [0.05, 0.1) is 18.2 Å². The van der Waals surface area contributed by atoms with Crippen LogP contribution in [0.25, 0.3) is 10.9 Å². The average Bonchev–Trinajstić information content (AvgIpc) is 3.27. The number of nitrogens with one attached hydrogen (secondary N) is 1. The van der Waals surface area contributed by atoms with Gasteiger partial charge in [-0.25, -0.2) is 9.59 Å². The fourth-order valence-electron chi connectivity index (χ4n) is 4.54. The summed E-state index contributed by atoms with van der Waals surface area (Å²) in [5.41, 5.74) is 4.37. The van der Waals surface area contributed by atoms with Gasteiger partial charge in [0.25, 0.3) is 0 Å². The highest BCUT2D eigenvalue weighted by atomic mass is 16.6. The summed E-state index contributed by atoms with van der Waals surface area (Å²) in [6.07, 6.45) is 4.48. The van der Waals surface area contributed by atoms with Crippen LogP contribution in [-0.2, 0) is 9.47 Å². The number of methoxy groups -OCH3 is 1. The van der Waals surface area contributed by atoms with Crippen molar-refractivity contribution in [1.29, 1.82) is 0 Å². The van der Waals surface area contributed by atoms with Crippen LogP contribution in [0.5, 0.6) is 0 Å². The zero-order chi connectivity index (χ0) is 22.7. The van der Waals surface area contributed by atoms with Gasteiger partial charge in [0.1, 0.15) is 6.73 Å². The predicted octanol–water partition coefficient (Wildman–Crippen LogP) is 4.95. The Kier molecular flexibility index (Phi) is 6.46. The predicted molar refractivity (Wildman–Crippen MR) is 124 cm³/mol. The lowest BCUT2D eigenvalue weighted by Gasteiger charge is -2.36. The van der Waals surface area contributed by atoms with Crippen LogP contribution < -0.4 is 5.32 Å². The average molecular weight is 436 g/mol. The third-order valence-corrected chi connectivity index (χ3v) is 6.18. The van der Waals surface area contributed by atoms with Crippen molar-refractivity contribution < 1.29 is 19.1 Å². The Bertz CT molecular complexity index is 1140. The van der Waals surface area contributed by atoms with Gasteiger partial charge < -0.3 is 14.8 Å². The number of carbonyl (C=O) groups excluding carboxylic acids is 2. The third kappa shape index (κ3) is 4.21. The number of benzene rings is 2. The summed E-state index contributed by atoms with van der Waals surface area (Å²) in [4.78, 5) is 27.0. The minimum absolute atomic E-state index is 0.0915. The summed E-state index contributed by atoms with van der Waals surface area (Å²) in [6.45, 7) is 3.03. The summed E-state index contributed by atoms with van der Waals surface area (Å²) in [5.74, 6) is -0.364. The summed E-state index contributed by atoms with van der Waals surface area (Å²) < 4.78 is 12.2. The van der Waals surface area contributed by atoms with Gasteiger partial charge >= 0.3 is 12.1 Å². The van der Waals surface area contributed by atoms with E-state index in [0.29, 0.717) is 5.56 Å². The fraction of sp³-hybridized carbons (Fsp3) is 0.360. The smallest absolute Gasteiger partial charge is 0.419 e. The van der Waals surface area contributed by atoms with Crippen molar-refractivity contribution in [2.24, 2.45) is 0 Å². The largest absolute Gasteiger partial charge is 0.465 e. The van der Waals surface area contributed by atoms with E-state index in [1.807, 2.05) is 50.4 Å². The first-order valence-electron chi connectivity index (χ1n) is 10.9. The summed E-state index contributed by atoms with van der Waals surface area (Å²) in [6, 6.07) is 13.5. The number of rotatable bonds is 5. The molecule has 0 bridgehead atoms. The molecule has 1 unspecified atom stereocenters. The fourth-order valence-corrected chi connectivity index (χ4v) is 4.54. The van der Waals surface area contributed by atoms with E-state index in [1.165, 1.54) is 7.11 Å². The molecular weight excluding hydrogens is 406 g/mol. The quantitative estimate of drug-likeness (QED) is 0.572. The van der Waals surface area contributed by atoms with Crippen LogP contribution in [0, 0.1) is 6.92 Å². The van der Waals surface area contributed by atoms with Gasteiger partial charge in [0, 0.05) is 36.9 Å². The van der Waals surface area contributed by atoms with E-state index in [0.717, 1.165) is 53.5 Å². The zero-order valence-corrected chi connectivity index (χ0v) is 18.8. The zero-order valence-electron chi connectivity index (χ0n) is 18.8.